The Hall–Kier alpha value is -2.15. The van der Waals surface area contributed by atoms with E-state index in [1.165, 1.54) is 0 Å². The van der Waals surface area contributed by atoms with Crippen LogP contribution in [0.4, 0.5) is 5.82 Å². The zero-order valence-electron chi connectivity index (χ0n) is 14.1. The van der Waals surface area contributed by atoms with Gasteiger partial charge in [0.25, 0.3) is 5.91 Å². The van der Waals surface area contributed by atoms with Gasteiger partial charge in [0, 0.05) is 34.1 Å². The van der Waals surface area contributed by atoms with Gasteiger partial charge in [0.2, 0.25) is 0 Å². The molecule has 4 rings (SSSR count). The van der Waals surface area contributed by atoms with Crippen molar-refractivity contribution in [3.8, 4) is 10.4 Å². The summed E-state index contributed by atoms with van der Waals surface area (Å²) >= 11 is 7.60. The van der Waals surface area contributed by atoms with E-state index in [-0.39, 0.29) is 0 Å². The van der Waals surface area contributed by atoms with Gasteiger partial charge in [-0.3, -0.25) is 4.79 Å². The molecule has 1 saturated heterocycles. The Bertz CT molecular complexity index is 948. The summed E-state index contributed by atoms with van der Waals surface area (Å²) in [4.78, 5) is 17.4. The molecule has 1 aromatic carbocycles. The van der Waals surface area contributed by atoms with Crippen LogP contribution in [0.3, 0.4) is 0 Å². The summed E-state index contributed by atoms with van der Waals surface area (Å²) in [7, 11) is 0. The van der Waals surface area contributed by atoms with E-state index in [4.69, 9.17) is 17.3 Å². The monoisotopic (exact) mass is 386 g/mol. The third kappa shape index (κ3) is 3.40. The predicted molar refractivity (Wildman–Crippen MR) is 108 cm³/mol. The molecule has 2 aromatic heterocycles. The van der Waals surface area contributed by atoms with Crippen LogP contribution in [0.15, 0.2) is 36.5 Å². The van der Waals surface area contributed by atoms with Crippen LogP contribution in [0, 0.1) is 0 Å². The highest BCUT2D eigenvalue weighted by Gasteiger charge is 2.19. The van der Waals surface area contributed by atoms with Gasteiger partial charge in [-0.1, -0.05) is 23.7 Å². The highest BCUT2D eigenvalue weighted by atomic mass is 35.5. The van der Waals surface area contributed by atoms with Crippen LogP contribution in [-0.4, -0.2) is 30.0 Å². The Kier molecular flexibility index (Phi) is 4.80. The number of fused-ring (bicyclic) bond motifs is 1. The number of carbonyl (C=O) groups is 1. The smallest absolute Gasteiger partial charge is 0.250 e. The number of halogens is 1. The van der Waals surface area contributed by atoms with Gasteiger partial charge in [0.1, 0.15) is 5.82 Å². The number of pyridine rings is 1. The molecule has 26 heavy (non-hydrogen) atoms. The first-order chi connectivity index (χ1) is 12.6. The second kappa shape index (κ2) is 7.23. The Morgan fingerprint density at radius 3 is 2.85 bits per heavy atom. The van der Waals surface area contributed by atoms with Crippen molar-refractivity contribution in [2.45, 2.75) is 18.9 Å². The third-order valence-corrected chi connectivity index (χ3v) is 6.03. The number of hydrogen-bond donors (Lipinski definition) is 3. The van der Waals surface area contributed by atoms with Crippen LogP contribution in [0.2, 0.25) is 5.02 Å². The van der Waals surface area contributed by atoms with Crippen molar-refractivity contribution < 1.29 is 4.79 Å². The summed E-state index contributed by atoms with van der Waals surface area (Å²) in [6.45, 7) is 1.97. The standard InChI is InChI=1S/C19H19ClN4OS/c20-12-5-3-11(4-6-12)16-8-14-15(18(21)25)10-23-19(17(14)26-16)24-13-2-1-7-22-9-13/h3-6,8,10,13,22H,1-2,7,9H2,(H2,21,25)(H,23,24)/t13-/m0/s1. The van der Waals surface area contributed by atoms with Crippen LogP contribution in [0.1, 0.15) is 23.2 Å². The lowest BCUT2D eigenvalue weighted by Crippen LogP contribution is -2.38. The lowest BCUT2D eigenvalue weighted by molar-refractivity contribution is 0.100. The quantitative estimate of drug-likeness (QED) is 0.635. The Morgan fingerprint density at radius 2 is 2.15 bits per heavy atom. The number of rotatable bonds is 4. The fourth-order valence-corrected chi connectivity index (χ4v) is 4.51. The first-order valence-corrected chi connectivity index (χ1v) is 9.77. The maximum absolute atomic E-state index is 11.8. The second-order valence-electron chi connectivity index (χ2n) is 6.43. The number of amides is 1. The first kappa shape index (κ1) is 17.3. The Labute approximate surface area is 160 Å². The first-order valence-electron chi connectivity index (χ1n) is 8.57. The minimum absolute atomic E-state index is 0.333. The predicted octanol–water partition coefficient (Wildman–Crippen LogP) is 3.88. The van der Waals surface area contributed by atoms with Gasteiger partial charge in [0.15, 0.2) is 0 Å². The van der Waals surface area contributed by atoms with E-state index in [1.54, 1.807) is 17.5 Å². The number of benzene rings is 1. The van der Waals surface area contributed by atoms with Gasteiger partial charge in [-0.15, -0.1) is 11.3 Å². The molecule has 3 heterocycles. The fraction of sp³-hybridized carbons (Fsp3) is 0.263. The number of nitrogens with two attached hydrogens (primary N) is 1. The minimum atomic E-state index is -0.464. The van der Waals surface area contributed by atoms with E-state index < -0.39 is 5.91 Å². The Balaban J connectivity index is 1.78. The molecular weight excluding hydrogens is 368 g/mol. The van der Waals surface area contributed by atoms with Crippen molar-refractivity contribution in [3.05, 3.63) is 47.1 Å². The highest BCUT2D eigenvalue weighted by molar-refractivity contribution is 7.22. The van der Waals surface area contributed by atoms with Crippen molar-refractivity contribution in [2.24, 2.45) is 5.73 Å². The maximum Gasteiger partial charge on any atom is 0.250 e. The van der Waals surface area contributed by atoms with Gasteiger partial charge >= 0.3 is 0 Å². The molecular formula is C19H19ClN4OS. The molecule has 0 unspecified atom stereocenters. The molecule has 1 fully saturated rings. The molecule has 3 aromatic rings. The molecule has 0 bridgehead atoms. The number of aromatic nitrogens is 1. The average molecular weight is 387 g/mol. The molecule has 1 aliphatic rings. The number of thiophene rings is 1. The van der Waals surface area contributed by atoms with Gasteiger partial charge in [-0.25, -0.2) is 4.98 Å². The molecule has 1 atom stereocenters. The summed E-state index contributed by atoms with van der Waals surface area (Å²) in [5.41, 5.74) is 7.06. The van der Waals surface area contributed by atoms with Gasteiger partial charge in [-0.2, -0.15) is 0 Å². The van der Waals surface area contributed by atoms with Crippen molar-refractivity contribution in [3.63, 3.8) is 0 Å². The van der Waals surface area contributed by atoms with Crippen LogP contribution in [0.25, 0.3) is 20.5 Å². The number of nitrogens with zero attached hydrogens (tertiary/aromatic N) is 1. The van der Waals surface area contributed by atoms with Crippen molar-refractivity contribution in [1.29, 1.82) is 0 Å². The normalized spacial score (nSPS) is 17.3. The molecule has 134 valence electrons. The van der Waals surface area contributed by atoms with Gasteiger partial charge < -0.3 is 16.4 Å². The van der Waals surface area contributed by atoms with E-state index in [1.807, 2.05) is 30.3 Å². The molecule has 1 aliphatic heterocycles. The zero-order chi connectivity index (χ0) is 18.1. The van der Waals surface area contributed by atoms with E-state index in [0.717, 1.165) is 52.3 Å². The largest absolute Gasteiger partial charge is 0.366 e. The van der Waals surface area contributed by atoms with Gasteiger partial charge in [-0.05, 0) is 43.1 Å². The van der Waals surface area contributed by atoms with Crippen LogP contribution in [0.5, 0.6) is 0 Å². The second-order valence-corrected chi connectivity index (χ2v) is 7.92. The van der Waals surface area contributed by atoms with E-state index in [2.05, 4.69) is 15.6 Å². The summed E-state index contributed by atoms with van der Waals surface area (Å²) in [5, 5.41) is 8.46. The third-order valence-electron chi connectivity index (χ3n) is 4.59. The van der Waals surface area contributed by atoms with Crippen LogP contribution in [-0.2, 0) is 0 Å². The molecule has 0 spiro atoms. The number of nitrogens with one attached hydrogen (secondary N) is 2. The van der Waals surface area contributed by atoms with Crippen molar-refractivity contribution >= 4 is 44.7 Å². The lowest BCUT2D eigenvalue weighted by atomic mass is 10.1. The van der Waals surface area contributed by atoms with Crippen molar-refractivity contribution in [2.75, 3.05) is 18.4 Å². The molecule has 7 heteroatoms. The molecule has 0 saturated carbocycles. The number of piperidine rings is 1. The lowest BCUT2D eigenvalue weighted by Gasteiger charge is -2.24. The van der Waals surface area contributed by atoms with E-state index in [0.29, 0.717) is 16.6 Å². The number of anilines is 1. The minimum Gasteiger partial charge on any atom is -0.366 e. The highest BCUT2D eigenvalue weighted by Crippen LogP contribution is 2.38. The zero-order valence-corrected chi connectivity index (χ0v) is 15.7. The molecule has 5 nitrogen and oxygen atoms in total. The maximum atomic E-state index is 11.8. The van der Waals surface area contributed by atoms with E-state index in [9.17, 15) is 4.79 Å². The van der Waals surface area contributed by atoms with Gasteiger partial charge in [0.05, 0.1) is 10.3 Å². The van der Waals surface area contributed by atoms with Crippen molar-refractivity contribution in [1.82, 2.24) is 10.3 Å². The summed E-state index contributed by atoms with van der Waals surface area (Å²) in [5.74, 6) is 0.345. The number of carbonyl (C=O) groups excluding carboxylic acids is 1. The summed E-state index contributed by atoms with van der Waals surface area (Å²) in [6.07, 6.45) is 3.81. The topological polar surface area (TPSA) is 80.0 Å². The Morgan fingerprint density at radius 1 is 1.35 bits per heavy atom. The molecule has 4 N–H and O–H groups in total. The molecule has 1 amide bonds. The number of hydrogen-bond acceptors (Lipinski definition) is 5. The number of primary amides is 1. The van der Waals surface area contributed by atoms with Crippen LogP contribution < -0.4 is 16.4 Å². The summed E-state index contributed by atoms with van der Waals surface area (Å²) in [6, 6.07) is 10.0. The van der Waals surface area contributed by atoms with Crippen LogP contribution >= 0.6 is 22.9 Å². The fourth-order valence-electron chi connectivity index (χ4n) is 3.25. The summed E-state index contributed by atoms with van der Waals surface area (Å²) < 4.78 is 0.955. The molecule has 0 aliphatic carbocycles. The average Bonchev–Trinajstić information content (AvgIpc) is 3.09. The molecule has 0 radical (unpaired) electrons. The van der Waals surface area contributed by atoms with E-state index >= 15 is 0 Å². The SMILES string of the molecule is NC(=O)c1cnc(N[C@H]2CCCNC2)c2sc(-c3ccc(Cl)cc3)cc12.